The van der Waals surface area contributed by atoms with Crippen molar-refractivity contribution >= 4 is 49.4 Å². The van der Waals surface area contributed by atoms with E-state index >= 15 is 0 Å². The smallest absolute Gasteiger partial charge is 0.0546 e. The number of anilines is 3. The summed E-state index contributed by atoms with van der Waals surface area (Å²) in [4.78, 5) is 2.39. The summed E-state index contributed by atoms with van der Waals surface area (Å²) in [5.74, 6) is 0. The number of nitrogens with zero attached hydrogens (tertiary/aromatic N) is 1. The van der Waals surface area contributed by atoms with Crippen molar-refractivity contribution in [1.29, 1.82) is 0 Å². The van der Waals surface area contributed by atoms with Gasteiger partial charge in [0.25, 0.3) is 0 Å². The molecule has 0 bridgehead atoms. The van der Waals surface area contributed by atoms with Gasteiger partial charge in [0.05, 0.1) is 5.69 Å². The number of benzene rings is 8. The number of hydrogen-bond acceptors (Lipinski definition) is 1. The van der Waals surface area contributed by atoms with Crippen LogP contribution in [0.5, 0.6) is 0 Å². The summed E-state index contributed by atoms with van der Waals surface area (Å²) in [5.41, 5.74) is 8.30. The fourth-order valence-electron chi connectivity index (χ4n) is 6.33. The Labute approximate surface area is 251 Å². The summed E-state index contributed by atoms with van der Waals surface area (Å²) >= 11 is 0. The fourth-order valence-corrected chi connectivity index (χ4v) is 6.33. The lowest BCUT2D eigenvalue weighted by molar-refractivity contribution is 1.30. The second-order valence-electron chi connectivity index (χ2n) is 11.0. The van der Waals surface area contributed by atoms with E-state index in [0.717, 1.165) is 11.4 Å². The van der Waals surface area contributed by atoms with E-state index in [1.807, 2.05) is 0 Å². The molecule has 0 saturated carbocycles. The Hall–Kier alpha value is -5.66. The first-order chi connectivity index (χ1) is 21.3. The summed E-state index contributed by atoms with van der Waals surface area (Å²) in [5, 5.41) is 7.58. The van der Waals surface area contributed by atoms with E-state index in [1.165, 1.54) is 60.3 Å². The van der Waals surface area contributed by atoms with Crippen molar-refractivity contribution in [2.24, 2.45) is 0 Å². The first-order valence-electron chi connectivity index (χ1n) is 14.8. The molecule has 43 heavy (non-hydrogen) atoms. The van der Waals surface area contributed by atoms with Crippen molar-refractivity contribution in [1.82, 2.24) is 0 Å². The predicted octanol–water partition coefficient (Wildman–Crippen LogP) is 11.9. The zero-order chi connectivity index (χ0) is 28.6. The van der Waals surface area contributed by atoms with Gasteiger partial charge in [0.2, 0.25) is 0 Å². The highest BCUT2D eigenvalue weighted by atomic mass is 15.1. The van der Waals surface area contributed by atoms with Gasteiger partial charge < -0.3 is 4.90 Å². The molecule has 1 heteroatoms. The van der Waals surface area contributed by atoms with Gasteiger partial charge in [-0.2, -0.15) is 0 Å². The fraction of sp³-hybridized carbons (Fsp3) is 0. The molecule has 1 nitrogen and oxygen atoms in total. The van der Waals surface area contributed by atoms with Crippen LogP contribution >= 0.6 is 0 Å². The number of rotatable bonds is 5. The van der Waals surface area contributed by atoms with Gasteiger partial charge in [-0.1, -0.05) is 146 Å². The minimum Gasteiger partial charge on any atom is -0.310 e. The lowest BCUT2D eigenvalue weighted by Crippen LogP contribution is -2.10. The third-order valence-corrected chi connectivity index (χ3v) is 8.43. The molecule has 202 valence electrons. The third kappa shape index (κ3) is 4.52. The van der Waals surface area contributed by atoms with Gasteiger partial charge in [0, 0.05) is 16.8 Å². The van der Waals surface area contributed by atoms with E-state index < -0.39 is 0 Å². The second kappa shape index (κ2) is 10.6. The Morgan fingerprint density at radius 1 is 0.302 bits per heavy atom. The van der Waals surface area contributed by atoms with Gasteiger partial charge in [0.1, 0.15) is 0 Å². The Morgan fingerprint density at radius 2 is 0.767 bits per heavy atom. The average Bonchev–Trinajstić information content (AvgIpc) is 3.09. The topological polar surface area (TPSA) is 3.24 Å². The van der Waals surface area contributed by atoms with Crippen LogP contribution in [0.25, 0.3) is 54.6 Å². The zero-order valence-electron chi connectivity index (χ0n) is 23.7. The van der Waals surface area contributed by atoms with E-state index in [9.17, 15) is 0 Å². The summed E-state index contributed by atoms with van der Waals surface area (Å²) in [6.07, 6.45) is 0. The van der Waals surface area contributed by atoms with Crippen LogP contribution in [0.2, 0.25) is 0 Å². The van der Waals surface area contributed by atoms with Crippen LogP contribution in [-0.2, 0) is 0 Å². The maximum absolute atomic E-state index is 2.39. The molecule has 0 unspecified atom stereocenters. The van der Waals surface area contributed by atoms with Crippen LogP contribution < -0.4 is 4.90 Å². The van der Waals surface area contributed by atoms with E-state index in [2.05, 4.69) is 181 Å². The number of hydrogen-bond donors (Lipinski definition) is 0. The maximum Gasteiger partial charge on any atom is 0.0546 e. The van der Waals surface area contributed by atoms with Crippen molar-refractivity contribution in [3.8, 4) is 22.3 Å². The molecule has 8 rings (SSSR count). The molecule has 0 heterocycles. The van der Waals surface area contributed by atoms with Crippen molar-refractivity contribution in [3.05, 3.63) is 176 Å². The molecule has 0 atom stereocenters. The Kier molecular flexibility index (Phi) is 6.20. The first kappa shape index (κ1) is 25.1. The Bertz CT molecular complexity index is 2180. The van der Waals surface area contributed by atoms with Crippen molar-refractivity contribution in [3.63, 3.8) is 0 Å². The normalized spacial score (nSPS) is 11.3. The molecule has 0 fully saturated rings. The van der Waals surface area contributed by atoms with E-state index in [1.54, 1.807) is 0 Å². The van der Waals surface area contributed by atoms with Gasteiger partial charge >= 0.3 is 0 Å². The molecule has 0 amide bonds. The maximum atomic E-state index is 2.39. The molecule has 0 saturated heterocycles. The van der Waals surface area contributed by atoms with Gasteiger partial charge in [-0.15, -0.1) is 0 Å². The largest absolute Gasteiger partial charge is 0.310 e. The summed E-state index contributed by atoms with van der Waals surface area (Å²) in [6.45, 7) is 0. The van der Waals surface area contributed by atoms with Gasteiger partial charge in [0.15, 0.2) is 0 Å². The molecule has 0 aliphatic heterocycles. The van der Waals surface area contributed by atoms with Gasteiger partial charge in [-0.05, 0) is 79.5 Å². The highest BCUT2D eigenvalue weighted by molar-refractivity contribution is 6.24. The molecular weight excluding hydrogens is 518 g/mol. The highest BCUT2D eigenvalue weighted by Gasteiger charge is 2.18. The Balaban J connectivity index is 1.28. The number of fused-ring (bicyclic) bond motifs is 5. The third-order valence-electron chi connectivity index (χ3n) is 8.43. The highest BCUT2D eigenvalue weighted by Crippen LogP contribution is 2.44. The van der Waals surface area contributed by atoms with E-state index in [4.69, 9.17) is 0 Å². The lowest BCUT2D eigenvalue weighted by Gasteiger charge is -2.28. The Morgan fingerprint density at radius 3 is 1.42 bits per heavy atom. The van der Waals surface area contributed by atoms with Crippen molar-refractivity contribution in [2.75, 3.05) is 4.90 Å². The minimum absolute atomic E-state index is 1.13. The van der Waals surface area contributed by atoms with Crippen LogP contribution in [0.15, 0.2) is 176 Å². The second-order valence-corrected chi connectivity index (χ2v) is 11.0. The van der Waals surface area contributed by atoms with Gasteiger partial charge in [-0.3, -0.25) is 0 Å². The van der Waals surface area contributed by atoms with E-state index in [-0.39, 0.29) is 0 Å². The molecular formula is C42H29N. The average molecular weight is 548 g/mol. The monoisotopic (exact) mass is 547 g/mol. The SMILES string of the molecule is c1ccc(-c2ccc(-c3ccc(N(c4ccccc4)c4cc5ccccc5c5c4ccc4ccccc45)cc3)cc2)cc1. The van der Waals surface area contributed by atoms with Crippen LogP contribution in [0.3, 0.4) is 0 Å². The first-order valence-corrected chi connectivity index (χ1v) is 14.8. The molecule has 0 aliphatic rings. The van der Waals surface area contributed by atoms with Gasteiger partial charge in [-0.25, -0.2) is 0 Å². The summed E-state index contributed by atoms with van der Waals surface area (Å²) in [6, 6.07) is 63.4. The van der Waals surface area contributed by atoms with Crippen molar-refractivity contribution < 1.29 is 0 Å². The van der Waals surface area contributed by atoms with Crippen LogP contribution in [-0.4, -0.2) is 0 Å². The van der Waals surface area contributed by atoms with Crippen LogP contribution in [0, 0.1) is 0 Å². The molecule has 0 radical (unpaired) electrons. The summed E-state index contributed by atoms with van der Waals surface area (Å²) < 4.78 is 0. The molecule has 0 N–H and O–H groups in total. The summed E-state index contributed by atoms with van der Waals surface area (Å²) in [7, 11) is 0. The molecule has 0 spiro atoms. The quantitative estimate of drug-likeness (QED) is 0.194. The minimum atomic E-state index is 1.13. The van der Waals surface area contributed by atoms with Crippen LogP contribution in [0.4, 0.5) is 17.1 Å². The molecule has 0 aliphatic carbocycles. The molecule has 8 aromatic carbocycles. The van der Waals surface area contributed by atoms with E-state index in [0.29, 0.717) is 0 Å². The standard InChI is InChI=1S/C42H29N/c1-3-11-30(12-4-1)31-19-21-32(22-20-31)33-23-26-37(27-24-33)43(36-15-5-2-6-16-36)41-29-35-14-8-10-18-39(35)42-38-17-9-7-13-34(38)25-28-40(41)42/h1-29H. The molecule has 8 aromatic rings. The van der Waals surface area contributed by atoms with Crippen LogP contribution in [0.1, 0.15) is 0 Å². The lowest BCUT2D eigenvalue weighted by atomic mass is 9.94. The molecule has 0 aromatic heterocycles. The predicted molar refractivity (Wildman–Crippen MR) is 185 cm³/mol. The zero-order valence-corrected chi connectivity index (χ0v) is 23.7. The van der Waals surface area contributed by atoms with Crippen molar-refractivity contribution in [2.45, 2.75) is 0 Å². The number of para-hydroxylation sites is 1.